The number of carbonyl (C=O) groups excluding carboxylic acids is 2. The molecule has 9 heteroatoms. The number of nitrogens with zero attached hydrogens (tertiary/aromatic N) is 1. The number of benzene rings is 1. The Morgan fingerprint density at radius 3 is 2.88 bits per heavy atom. The quantitative estimate of drug-likeness (QED) is 0.720. The number of rotatable bonds is 6. The van der Waals surface area contributed by atoms with E-state index in [-0.39, 0.29) is 23.3 Å². The van der Waals surface area contributed by atoms with E-state index in [4.69, 9.17) is 4.74 Å². The Morgan fingerprint density at radius 2 is 2.16 bits per heavy atom. The number of hydrogen-bond acceptors (Lipinski definition) is 5. The van der Waals surface area contributed by atoms with Crippen LogP contribution >= 0.6 is 0 Å². The molecule has 1 aromatic rings. The van der Waals surface area contributed by atoms with Crippen LogP contribution in [0.15, 0.2) is 23.1 Å². The van der Waals surface area contributed by atoms with Gasteiger partial charge < -0.3 is 15.0 Å². The molecular formula is C16H21N3O5S. The predicted octanol–water partition coefficient (Wildman–Crippen LogP) is 0.697. The van der Waals surface area contributed by atoms with Crippen molar-refractivity contribution in [3.63, 3.8) is 0 Å². The molecule has 0 bridgehead atoms. The Morgan fingerprint density at radius 1 is 1.36 bits per heavy atom. The maximum absolute atomic E-state index is 12.4. The molecule has 2 amide bonds. The number of hydrogen-bond donors (Lipinski definition) is 2. The van der Waals surface area contributed by atoms with Crippen molar-refractivity contribution >= 4 is 27.5 Å². The van der Waals surface area contributed by atoms with Crippen LogP contribution in [0, 0.1) is 0 Å². The van der Waals surface area contributed by atoms with Crippen molar-refractivity contribution in [2.75, 3.05) is 25.0 Å². The van der Waals surface area contributed by atoms with Gasteiger partial charge in [0, 0.05) is 26.1 Å². The van der Waals surface area contributed by atoms with Crippen molar-refractivity contribution in [3.05, 3.63) is 18.2 Å². The lowest BCUT2D eigenvalue weighted by Crippen LogP contribution is -2.34. The van der Waals surface area contributed by atoms with Gasteiger partial charge in [-0.3, -0.25) is 9.59 Å². The Balaban J connectivity index is 1.59. The summed E-state index contributed by atoms with van der Waals surface area (Å²) in [6, 6.07) is 4.35. The monoisotopic (exact) mass is 367 g/mol. The highest BCUT2D eigenvalue weighted by Crippen LogP contribution is 2.31. The Bertz CT molecular complexity index is 793. The highest BCUT2D eigenvalue weighted by Gasteiger charge is 2.25. The van der Waals surface area contributed by atoms with Gasteiger partial charge in [0.25, 0.3) is 5.91 Å². The number of sulfonamides is 1. The molecule has 2 aliphatic heterocycles. The van der Waals surface area contributed by atoms with E-state index in [1.807, 2.05) is 0 Å². The molecule has 0 radical (unpaired) electrons. The Kier molecular flexibility index (Phi) is 4.96. The molecule has 0 spiro atoms. The zero-order valence-electron chi connectivity index (χ0n) is 13.9. The second kappa shape index (κ2) is 7.01. The third-order valence-corrected chi connectivity index (χ3v) is 5.72. The summed E-state index contributed by atoms with van der Waals surface area (Å²) in [5, 5.41) is 2.63. The molecule has 2 heterocycles. The fourth-order valence-electron chi connectivity index (χ4n) is 2.86. The van der Waals surface area contributed by atoms with Crippen LogP contribution in [0.2, 0.25) is 0 Å². The van der Waals surface area contributed by atoms with Crippen LogP contribution in [-0.4, -0.2) is 50.9 Å². The predicted molar refractivity (Wildman–Crippen MR) is 90.8 cm³/mol. The topological polar surface area (TPSA) is 105 Å². The molecule has 2 aliphatic rings. The van der Waals surface area contributed by atoms with Gasteiger partial charge in [-0.2, -0.15) is 0 Å². The van der Waals surface area contributed by atoms with E-state index in [9.17, 15) is 18.0 Å². The number of anilines is 1. The SMILES string of the molecule is C[C@@H]1Oc2ccc(S(=O)(=O)NCCCN3CCCC3=O)cc2NC1=O. The summed E-state index contributed by atoms with van der Waals surface area (Å²) < 4.78 is 32.7. The molecule has 0 saturated carbocycles. The van der Waals surface area contributed by atoms with Crippen molar-refractivity contribution < 1.29 is 22.7 Å². The molecule has 136 valence electrons. The minimum atomic E-state index is -3.69. The van der Waals surface area contributed by atoms with Gasteiger partial charge in [-0.15, -0.1) is 0 Å². The number of amides is 2. The van der Waals surface area contributed by atoms with Crippen LogP contribution in [0.1, 0.15) is 26.2 Å². The number of fused-ring (bicyclic) bond motifs is 1. The molecule has 0 unspecified atom stereocenters. The zero-order chi connectivity index (χ0) is 18.0. The summed E-state index contributed by atoms with van der Waals surface area (Å²) in [6.45, 7) is 3.15. The standard InChI is InChI=1S/C16H21N3O5S/c1-11-16(21)18-13-10-12(5-6-14(13)24-11)25(22,23)17-7-3-9-19-8-2-4-15(19)20/h5-6,10-11,17H,2-4,7-9H2,1H3,(H,18,21)/t11-/m0/s1. The van der Waals surface area contributed by atoms with Gasteiger partial charge in [0.2, 0.25) is 15.9 Å². The number of nitrogens with one attached hydrogen (secondary N) is 2. The van der Waals surface area contributed by atoms with Crippen molar-refractivity contribution in [2.24, 2.45) is 0 Å². The first-order chi connectivity index (χ1) is 11.9. The maximum atomic E-state index is 12.4. The minimum absolute atomic E-state index is 0.0574. The van der Waals surface area contributed by atoms with Gasteiger partial charge in [-0.1, -0.05) is 0 Å². The van der Waals surface area contributed by atoms with Crippen LogP contribution in [0.4, 0.5) is 5.69 Å². The first-order valence-corrected chi connectivity index (χ1v) is 9.74. The lowest BCUT2D eigenvalue weighted by Gasteiger charge is -2.23. The normalized spacial score (nSPS) is 20.2. The molecule has 1 fully saturated rings. The lowest BCUT2D eigenvalue weighted by atomic mass is 10.2. The van der Waals surface area contributed by atoms with E-state index in [2.05, 4.69) is 10.0 Å². The first kappa shape index (κ1) is 17.7. The van der Waals surface area contributed by atoms with Crippen LogP contribution in [0.3, 0.4) is 0 Å². The smallest absolute Gasteiger partial charge is 0.265 e. The van der Waals surface area contributed by atoms with E-state index in [0.717, 1.165) is 13.0 Å². The fourth-order valence-corrected chi connectivity index (χ4v) is 3.96. The van der Waals surface area contributed by atoms with Crippen LogP contribution in [0.25, 0.3) is 0 Å². The van der Waals surface area contributed by atoms with Crippen LogP contribution in [0.5, 0.6) is 5.75 Å². The first-order valence-electron chi connectivity index (χ1n) is 8.26. The van der Waals surface area contributed by atoms with Crippen LogP contribution in [-0.2, 0) is 19.6 Å². The average Bonchev–Trinajstić information content (AvgIpc) is 2.97. The Hall–Kier alpha value is -2.13. The molecule has 8 nitrogen and oxygen atoms in total. The Labute approximate surface area is 146 Å². The lowest BCUT2D eigenvalue weighted by molar-refractivity contribution is -0.127. The molecule has 1 aromatic carbocycles. The van der Waals surface area contributed by atoms with Crippen molar-refractivity contribution in [3.8, 4) is 5.75 Å². The van der Waals surface area contributed by atoms with E-state index < -0.39 is 16.1 Å². The van der Waals surface area contributed by atoms with E-state index in [0.29, 0.717) is 30.8 Å². The van der Waals surface area contributed by atoms with Gasteiger partial charge in [0.05, 0.1) is 10.6 Å². The summed E-state index contributed by atoms with van der Waals surface area (Å²) >= 11 is 0. The summed E-state index contributed by atoms with van der Waals surface area (Å²) in [7, 11) is -3.69. The second-order valence-corrected chi connectivity index (χ2v) is 7.91. The number of ether oxygens (including phenoxy) is 1. The maximum Gasteiger partial charge on any atom is 0.265 e. The summed E-state index contributed by atoms with van der Waals surface area (Å²) in [4.78, 5) is 25.0. The van der Waals surface area contributed by atoms with Crippen molar-refractivity contribution in [1.82, 2.24) is 9.62 Å². The molecule has 3 rings (SSSR count). The molecule has 0 aromatic heterocycles. The van der Waals surface area contributed by atoms with Gasteiger partial charge in [0.1, 0.15) is 5.75 Å². The summed E-state index contributed by atoms with van der Waals surface area (Å²) in [5.74, 6) is 0.256. The summed E-state index contributed by atoms with van der Waals surface area (Å²) in [6.07, 6.45) is 1.38. The molecule has 1 saturated heterocycles. The number of likely N-dealkylation sites (tertiary alicyclic amines) is 1. The largest absolute Gasteiger partial charge is 0.479 e. The minimum Gasteiger partial charge on any atom is -0.479 e. The van der Waals surface area contributed by atoms with Gasteiger partial charge in [-0.25, -0.2) is 13.1 Å². The third-order valence-electron chi connectivity index (χ3n) is 4.26. The molecule has 1 atom stereocenters. The summed E-state index contributed by atoms with van der Waals surface area (Å²) in [5.41, 5.74) is 0.341. The third kappa shape index (κ3) is 3.93. The molecule has 2 N–H and O–H groups in total. The average molecular weight is 367 g/mol. The highest BCUT2D eigenvalue weighted by atomic mass is 32.2. The van der Waals surface area contributed by atoms with Gasteiger partial charge >= 0.3 is 0 Å². The highest BCUT2D eigenvalue weighted by molar-refractivity contribution is 7.89. The molecule has 0 aliphatic carbocycles. The van der Waals surface area contributed by atoms with E-state index in [1.54, 1.807) is 11.8 Å². The second-order valence-electron chi connectivity index (χ2n) is 6.14. The molecule has 25 heavy (non-hydrogen) atoms. The zero-order valence-corrected chi connectivity index (χ0v) is 14.8. The number of carbonyl (C=O) groups is 2. The van der Waals surface area contributed by atoms with E-state index >= 15 is 0 Å². The molecular weight excluding hydrogens is 346 g/mol. The fraction of sp³-hybridized carbons (Fsp3) is 0.500. The van der Waals surface area contributed by atoms with Crippen molar-refractivity contribution in [1.29, 1.82) is 0 Å². The van der Waals surface area contributed by atoms with Gasteiger partial charge in [-0.05, 0) is 38.0 Å². The van der Waals surface area contributed by atoms with E-state index in [1.165, 1.54) is 18.2 Å². The van der Waals surface area contributed by atoms with Gasteiger partial charge in [0.15, 0.2) is 6.10 Å². The van der Waals surface area contributed by atoms with Crippen molar-refractivity contribution in [2.45, 2.75) is 37.2 Å². The van der Waals surface area contributed by atoms with Crippen LogP contribution < -0.4 is 14.8 Å².